The Labute approximate surface area is 91.2 Å². The Morgan fingerprint density at radius 3 is 2.75 bits per heavy atom. The highest BCUT2D eigenvalue weighted by atomic mass is 19.1. The topological polar surface area (TPSA) is 54.9 Å². The van der Waals surface area contributed by atoms with Gasteiger partial charge >= 0.3 is 0 Å². The molecule has 0 saturated carbocycles. The van der Waals surface area contributed by atoms with Crippen LogP contribution in [-0.2, 0) is 0 Å². The zero-order valence-corrected chi connectivity index (χ0v) is 8.22. The summed E-state index contributed by atoms with van der Waals surface area (Å²) in [6, 6.07) is 9.14. The molecule has 2 heterocycles. The number of nitrogens with zero attached hydrogens (tertiary/aromatic N) is 2. The van der Waals surface area contributed by atoms with Crippen molar-refractivity contribution < 1.29 is 9.18 Å². The zero-order chi connectivity index (χ0) is 11.4. The van der Waals surface area contributed by atoms with E-state index in [-0.39, 0.29) is 11.5 Å². The Balaban J connectivity index is 2.14. The number of hydrogen-bond acceptors (Lipinski definition) is 3. The Morgan fingerprint density at radius 2 is 2.06 bits per heavy atom. The highest BCUT2D eigenvalue weighted by molar-refractivity contribution is 6.02. The van der Waals surface area contributed by atoms with Gasteiger partial charge in [0.2, 0.25) is 5.95 Å². The van der Waals surface area contributed by atoms with Gasteiger partial charge < -0.3 is 5.32 Å². The second-order valence-electron chi connectivity index (χ2n) is 3.01. The third-order valence-electron chi connectivity index (χ3n) is 1.85. The Hall–Kier alpha value is -2.30. The van der Waals surface area contributed by atoms with E-state index in [1.165, 1.54) is 24.4 Å². The van der Waals surface area contributed by atoms with Gasteiger partial charge in [0.1, 0.15) is 11.5 Å². The molecule has 0 bridgehead atoms. The van der Waals surface area contributed by atoms with Crippen molar-refractivity contribution in [1.29, 1.82) is 0 Å². The van der Waals surface area contributed by atoms with E-state index in [0.29, 0.717) is 0 Å². The van der Waals surface area contributed by atoms with Crippen LogP contribution in [0.2, 0.25) is 0 Å². The molecule has 0 aliphatic carbocycles. The quantitative estimate of drug-likeness (QED) is 0.781. The smallest absolute Gasteiger partial charge is 0.275 e. The fraction of sp³-hybridized carbons (Fsp3) is 0. The second-order valence-corrected chi connectivity index (χ2v) is 3.01. The number of rotatable bonds is 2. The zero-order valence-electron chi connectivity index (χ0n) is 8.22. The first kappa shape index (κ1) is 10.2. The minimum absolute atomic E-state index is 0.163. The van der Waals surface area contributed by atoms with Gasteiger partial charge in [0, 0.05) is 6.20 Å². The van der Waals surface area contributed by atoms with Crippen LogP contribution < -0.4 is 5.32 Å². The van der Waals surface area contributed by atoms with Gasteiger partial charge in [-0.1, -0.05) is 12.1 Å². The molecule has 2 aromatic rings. The molecule has 2 aromatic heterocycles. The molecule has 1 N–H and O–H groups in total. The maximum absolute atomic E-state index is 12.7. The van der Waals surface area contributed by atoms with Crippen molar-refractivity contribution in [3.05, 3.63) is 54.2 Å². The van der Waals surface area contributed by atoms with Crippen LogP contribution in [-0.4, -0.2) is 15.9 Å². The molecule has 0 aliphatic rings. The average molecular weight is 217 g/mol. The summed E-state index contributed by atoms with van der Waals surface area (Å²) in [6.45, 7) is 0. The van der Waals surface area contributed by atoms with Crippen LogP contribution in [0.1, 0.15) is 10.5 Å². The molecule has 0 saturated heterocycles. The summed E-state index contributed by atoms with van der Waals surface area (Å²) < 4.78 is 12.7. The largest absolute Gasteiger partial charge is 0.305 e. The summed E-state index contributed by atoms with van der Waals surface area (Å²) in [5, 5.41) is 2.45. The normalized spacial score (nSPS) is 9.81. The molecule has 2 rings (SSSR count). The van der Waals surface area contributed by atoms with Gasteiger partial charge in [0.05, 0.1) is 0 Å². The van der Waals surface area contributed by atoms with Crippen LogP contribution in [0, 0.1) is 5.95 Å². The van der Waals surface area contributed by atoms with E-state index >= 15 is 0 Å². The number of aromatic nitrogens is 2. The molecule has 16 heavy (non-hydrogen) atoms. The van der Waals surface area contributed by atoms with Crippen LogP contribution in [0.25, 0.3) is 0 Å². The van der Waals surface area contributed by atoms with E-state index in [4.69, 9.17) is 0 Å². The molecule has 0 aromatic carbocycles. The number of carbonyl (C=O) groups excluding carboxylic acids is 1. The molecule has 0 spiro atoms. The van der Waals surface area contributed by atoms with Gasteiger partial charge in [-0.2, -0.15) is 4.39 Å². The summed E-state index contributed by atoms with van der Waals surface area (Å²) in [7, 11) is 0. The Kier molecular flexibility index (Phi) is 2.86. The number of carbonyl (C=O) groups is 1. The first-order chi connectivity index (χ1) is 7.75. The van der Waals surface area contributed by atoms with Crippen molar-refractivity contribution in [2.24, 2.45) is 0 Å². The van der Waals surface area contributed by atoms with Crippen LogP contribution in [0.3, 0.4) is 0 Å². The molecule has 4 nitrogen and oxygen atoms in total. The number of hydrogen-bond donors (Lipinski definition) is 1. The maximum atomic E-state index is 12.7. The third-order valence-corrected chi connectivity index (χ3v) is 1.85. The maximum Gasteiger partial charge on any atom is 0.275 e. The van der Waals surface area contributed by atoms with Gasteiger partial charge in [-0.15, -0.1) is 0 Å². The number of amides is 1. The first-order valence-electron chi connectivity index (χ1n) is 4.60. The van der Waals surface area contributed by atoms with Gasteiger partial charge in [-0.05, 0) is 24.3 Å². The lowest BCUT2D eigenvalue weighted by Crippen LogP contribution is -2.14. The predicted octanol–water partition coefficient (Wildman–Crippen LogP) is 1.87. The Morgan fingerprint density at radius 1 is 1.19 bits per heavy atom. The lowest BCUT2D eigenvalue weighted by molar-refractivity contribution is 0.102. The summed E-state index contributed by atoms with van der Waals surface area (Å²) in [4.78, 5) is 19.0. The van der Waals surface area contributed by atoms with E-state index in [9.17, 15) is 9.18 Å². The summed E-state index contributed by atoms with van der Waals surface area (Å²) in [6.07, 6.45) is 1.51. The first-order valence-corrected chi connectivity index (χ1v) is 4.60. The van der Waals surface area contributed by atoms with E-state index in [2.05, 4.69) is 15.3 Å². The van der Waals surface area contributed by atoms with Gasteiger partial charge in [-0.25, -0.2) is 4.98 Å². The number of pyridine rings is 2. The van der Waals surface area contributed by atoms with E-state index in [1.54, 1.807) is 18.2 Å². The molecule has 0 atom stereocenters. The number of nitrogens with one attached hydrogen (secondary N) is 1. The molecule has 0 radical (unpaired) electrons. The van der Waals surface area contributed by atoms with Crippen LogP contribution >= 0.6 is 0 Å². The highest BCUT2D eigenvalue weighted by Crippen LogP contribution is 2.05. The second kappa shape index (κ2) is 4.48. The molecule has 80 valence electrons. The Bertz CT molecular complexity index is 502. The van der Waals surface area contributed by atoms with Crippen molar-refractivity contribution in [2.45, 2.75) is 0 Å². The fourth-order valence-electron chi connectivity index (χ4n) is 1.16. The van der Waals surface area contributed by atoms with Crippen molar-refractivity contribution in [1.82, 2.24) is 9.97 Å². The van der Waals surface area contributed by atoms with E-state index in [1.807, 2.05) is 0 Å². The minimum atomic E-state index is -0.640. The number of anilines is 1. The molecular formula is C11H8FN3O. The third kappa shape index (κ3) is 2.38. The van der Waals surface area contributed by atoms with Gasteiger partial charge in [-0.3, -0.25) is 9.78 Å². The van der Waals surface area contributed by atoms with Crippen LogP contribution in [0.15, 0.2) is 42.6 Å². The van der Waals surface area contributed by atoms with Crippen molar-refractivity contribution in [2.75, 3.05) is 5.32 Å². The standard InChI is InChI=1S/C11H8FN3O/c12-9-5-3-6-10(14-9)15-11(16)8-4-1-2-7-13-8/h1-7H,(H,14,15,16). The molecule has 0 aliphatic heterocycles. The molecular weight excluding hydrogens is 209 g/mol. The minimum Gasteiger partial charge on any atom is -0.305 e. The average Bonchev–Trinajstić information content (AvgIpc) is 2.30. The number of halogens is 1. The molecule has 5 heteroatoms. The van der Waals surface area contributed by atoms with E-state index < -0.39 is 11.9 Å². The predicted molar refractivity (Wildman–Crippen MR) is 56.4 cm³/mol. The van der Waals surface area contributed by atoms with Crippen molar-refractivity contribution >= 4 is 11.7 Å². The summed E-state index contributed by atoms with van der Waals surface area (Å²) in [5.41, 5.74) is 0.258. The van der Waals surface area contributed by atoms with Crippen molar-refractivity contribution in [3.8, 4) is 0 Å². The van der Waals surface area contributed by atoms with Gasteiger partial charge in [0.25, 0.3) is 5.91 Å². The monoisotopic (exact) mass is 217 g/mol. The van der Waals surface area contributed by atoms with Crippen molar-refractivity contribution in [3.63, 3.8) is 0 Å². The molecule has 0 fully saturated rings. The lowest BCUT2D eigenvalue weighted by atomic mass is 10.3. The summed E-state index contributed by atoms with van der Waals surface area (Å²) in [5.74, 6) is -0.895. The van der Waals surface area contributed by atoms with E-state index in [0.717, 1.165) is 0 Å². The lowest BCUT2D eigenvalue weighted by Gasteiger charge is -2.02. The highest BCUT2D eigenvalue weighted by Gasteiger charge is 2.07. The summed E-state index contributed by atoms with van der Waals surface area (Å²) >= 11 is 0. The molecule has 0 unspecified atom stereocenters. The fourth-order valence-corrected chi connectivity index (χ4v) is 1.16. The SMILES string of the molecule is O=C(Nc1cccc(F)n1)c1ccccn1. The molecule has 1 amide bonds. The van der Waals surface area contributed by atoms with Crippen LogP contribution in [0.5, 0.6) is 0 Å². The van der Waals surface area contributed by atoms with Gasteiger partial charge in [0.15, 0.2) is 0 Å². The van der Waals surface area contributed by atoms with Crippen LogP contribution in [0.4, 0.5) is 10.2 Å².